The lowest BCUT2D eigenvalue weighted by Crippen LogP contribution is -2.35. The van der Waals surface area contributed by atoms with Gasteiger partial charge in [0, 0.05) is 6.26 Å². The summed E-state index contributed by atoms with van der Waals surface area (Å²) in [5.41, 5.74) is -2.42. The maximum absolute atomic E-state index is 13.1. The molecule has 96 valence electrons. The highest BCUT2D eigenvalue weighted by Gasteiger charge is 2.20. The van der Waals surface area contributed by atoms with Crippen LogP contribution >= 0.6 is 0 Å². The number of hydrogen-bond acceptors (Lipinski definition) is 5. The lowest BCUT2D eigenvalue weighted by molar-refractivity contribution is 0.346. The number of sulfone groups is 1. The van der Waals surface area contributed by atoms with E-state index in [4.69, 9.17) is 0 Å². The van der Waals surface area contributed by atoms with Crippen molar-refractivity contribution < 1.29 is 17.9 Å². The molecule has 0 aliphatic carbocycles. The van der Waals surface area contributed by atoms with Crippen LogP contribution in [0.5, 0.6) is 5.88 Å². The van der Waals surface area contributed by atoms with Crippen molar-refractivity contribution in [1.29, 1.82) is 0 Å². The Morgan fingerprint density at radius 2 is 2.00 bits per heavy atom. The van der Waals surface area contributed by atoms with E-state index < -0.39 is 44.6 Å². The monoisotopic (exact) mass is 266 g/mol. The van der Waals surface area contributed by atoms with Crippen LogP contribution in [0.25, 0.3) is 0 Å². The SMILES string of the molecule is CC(CS(C)(=O)=O)n1c(O)c(F)c(=O)[nH]c1=O. The first-order valence-corrected chi connectivity index (χ1v) is 6.60. The number of H-pyrrole nitrogens is 1. The number of aromatic amines is 1. The Bertz CT molecular complexity index is 645. The Kier molecular flexibility index (Phi) is 3.41. The zero-order valence-electron chi connectivity index (χ0n) is 9.10. The third kappa shape index (κ3) is 2.93. The Morgan fingerprint density at radius 3 is 2.47 bits per heavy atom. The number of aromatic nitrogens is 2. The van der Waals surface area contributed by atoms with Crippen LogP contribution in [0.2, 0.25) is 0 Å². The van der Waals surface area contributed by atoms with Gasteiger partial charge in [-0.05, 0) is 6.92 Å². The second-order valence-electron chi connectivity index (χ2n) is 3.71. The molecule has 1 atom stereocenters. The maximum Gasteiger partial charge on any atom is 0.331 e. The van der Waals surface area contributed by atoms with Crippen LogP contribution in [-0.4, -0.2) is 35.1 Å². The number of hydrogen-bond donors (Lipinski definition) is 2. The van der Waals surface area contributed by atoms with Crippen molar-refractivity contribution in [3.63, 3.8) is 0 Å². The Hall–Kier alpha value is -1.64. The maximum atomic E-state index is 13.1. The van der Waals surface area contributed by atoms with Gasteiger partial charge >= 0.3 is 5.69 Å². The minimum absolute atomic E-state index is 0.466. The van der Waals surface area contributed by atoms with E-state index in [2.05, 4.69) is 0 Å². The van der Waals surface area contributed by atoms with Crippen molar-refractivity contribution in [1.82, 2.24) is 9.55 Å². The minimum Gasteiger partial charge on any atom is -0.492 e. The Balaban J connectivity index is 3.38. The molecule has 0 saturated heterocycles. The number of aromatic hydroxyl groups is 1. The smallest absolute Gasteiger partial charge is 0.331 e. The van der Waals surface area contributed by atoms with Gasteiger partial charge in [-0.1, -0.05) is 0 Å². The second kappa shape index (κ2) is 4.32. The average Bonchev–Trinajstić information content (AvgIpc) is 2.11. The molecule has 0 aromatic carbocycles. The predicted molar refractivity (Wildman–Crippen MR) is 57.4 cm³/mol. The normalized spacial score (nSPS) is 13.6. The molecule has 17 heavy (non-hydrogen) atoms. The van der Waals surface area contributed by atoms with Crippen LogP contribution in [0, 0.1) is 5.82 Å². The van der Waals surface area contributed by atoms with Crippen molar-refractivity contribution >= 4 is 9.84 Å². The van der Waals surface area contributed by atoms with Gasteiger partial charge in [0.05, 0.1) is 11.8 Å². The molecule has 1 heterocycles. The molecular formula is C8H11FN2O5S. The van der Waals surface area contributed by atoms with Gasteiger partial charge in [-0.2, -0.15) is 4.39 Å². The summed E-state index contributed by atoms with van der Waals surface area (Å²) in [5, 5.41) is 9.30. The number of nitrogens with one attached hydrogen (secondary N) is 1. The van der Waals surface area contributed by atoms with Gasteiger partial charge in [-0.25, -0.2) is 13.2 Å². The summed E-state index contributed by atoms with van der Waals surface area (Å²) in [7, 11) is -3.41. The second-order valence-corrected chi connectivity index (χ2v) is 5.89. The molecule has 0 saturated carbocycles. The molecule has 9 heteroatoms. The molecule has 0 amide bonds. The summed E-state index contributed by atoms with van der Waals surface area (Å²) in [6, 6.07) is -0.996. The summed E-state index contributed by atoms with van der Waals surface area (Å²) in [6.07, 6.45) is 0.938. The predicted octanol–water partition coefficient (Wildman–Crippen LogP) is -1.01. The van der Waals surface area contributed by atoms with Gasteiger partial charge in [-0.3, -0.25) is 14.3 Å². The number of halogens is 1. The highest BCUT2D eigenvalue weighted by Crippen LogP contribution is 2.15. The van der Waals surface area contributed by atoms with E-state index >= 15 is 0 Å². The molecule has 0 fully saturated rings. The van der Waals surface area contributed by atoms with E-state index in [1.54, 1.807) is 4.98 Å². The van der Waals surface area contributed by atoms with Crippen LogP contribution in [0.4, 0.5) is 4.39 Å². The summed E-state index contributed by atoms with van der Waals surface area (Å²) in [6.45, 7) is 1.31. The molecule has 1 aromatic rings. The van der Waals surface area contributed by atoms with E-state index in [9.17, 15) is 27.5 Å². The Labute approximate surface area is 95.4 Å². The van der Waals surface area contributed by atoms with E-state index in [1.165, 1.54) is 6.92 Å². The average molecular weight is 266 g/mol. The first kappa shape index (κ1) is 13.4. The molecule has 1 unspecified atom stereocenters. The standard InChI is InChI=1S/C8H11FN2O5S/c1-4(3-17(2,15)16)11-7(13)5(9)6(12)10-8(11)14/h4,13H,3H2,1-2H3,(H,10,12,14). The van der Waals surface area contributed by atoms with Gasteiger partial charge in [0.15, 0.2) is 0 Å². The highest BCUT2D eigenvalue weighted by molar-refractivity contribution is 7.90. The number of rotatable bonds is 3. The van der Waals surface area contributed by atoms with Gasteiger partial charge in [-0.15, -0.1) is 0 Å². The minimum atomic E-state index is -3.41. The summed E-state index contributed by atoms with van der Waals surface area (Å²) in [5.74, 6) is -3.16. The van der Waals surface area contributed by atoms with Crippen molar-refractivity contribution in [2.24, 2.45) is 0 Å². The number of nitrogens with zero attached hydrogens (tertiary/aromatic N) is 1. The first-order valence-electron chi connectivity index (χ1n) is 4.54. The van der Waals surface area contributed by atoms with Crippen LogP contribution in [0.15, 0.2) is 9.59 Å². The molecule has 7 nitrogen and oxygen atoms in total. The fraction of sp³-hybridized carbons (Fsp3) is 0.500. The lowest BCUT2D eigenvalue weighted by Gasteiger charge is -2.14. The summed E-state index contributed by atoms with van der Waals surface area (Å²) < 4.78 is 35.6. The fourth-order valence-electron chi connectivity index (χ4n) is 1.44. The van der Waals surface area contributed by atoms with Crippen LogP contribution in [0.3, 0.4) is 0 Å². The molecule has 0 radical (unpaired) electrons. The summed E-state index contributed by atoms with van der Waals surface area (Å²) in [4.78, 5) is 23.8. The molecule has 0 aliphatic rings. The third-order valence-corrected chi connectivity index (χ3v) is 3.14. The van der Waals surface area contributed by atoms with Crippen molar-refractivity contribution in [2.75, 3.05) is 12.0 Å². The first-order chi connectivity index (χ1) is 7.63. The van der Waals surface area contributed by atoms with Crippen molar-refractivity contribution in [3.8, 4) is 5.88 Å². The van der Waals surface area contributed by atoms with Gasteiger partial charge < -0.3 is 5.11 Å². The fourth-order valence-corrected chi connectivity index (χ4v) is 2.46. The van der Waals surface area contributed by atoms with Crippen LogP contribution < -0.4 is 11.2 Å². The summed E-state index contributed by atoms with van der Waals surface area (Å²) >= 11 is 0. The zero-order valence-corrected chi connectivity index (χ0v) is 9.91. The largest absolute Gasteiger partial charge is 0.492 e. The molecule has 0 aliphatic heterocycles. The molecule has 0 spiro atoms. The zero-order chi connectivity index (χ0) is 13.4. The molecule has 1 aromatic heterocycles. The molecule has 2 N–H and O–H groups in total. The van der Waals surface area contributed by atoms with Gasteiger partial charge in [0.2, 0.25) is 11.7 Å². The van der Waals surface area contributed by atoms with E-state index in [1.807, 2.05) is 0 Å². The molecule has 0 bridgehead atoms. The third-order valence-electron chi connectivity index (χ3n) is 2.05. The quantitative estimate of drug-likeness (QED) is 0.728. The van der Waals surface area contributed by atoms with E-state index in [0.717, 1.165) is 6.26 Å². The van der Waals surface area contributed by atoms with E-state index in [-0.39, 0.29) is 0 Å². The van der Waals surface area contributed by atoms with Crippen molar-refractivity contribution in [3.05, 3.63) is 26.7 Å². The molecule has 1 rings (SSSR count). The Morgan fingerprint density at radius 1 is 1.47 bits per heavy atom. The molecular weight excluding hydrogens is 255 g/mol. The van der Waals surface area contributed by atoms with Crippen molar-refractivity contribution in [2.45, 2.75) is 13.0 Å². The van der Waals surface area contributed by atoms with Crippen LogP contribution in [0.1, 0.15) is 13.0 Å². The highest BCUT2D eigenvalue weighted by atomic mass is 32.2. The van der Waals surface area contributed by atoms with Gasteiger partial charge in [0.25, 0.3) is 5.56 Å². The van der Waals surface area contributed by atoms with Gasteiger partial charge in [0.1, 0.15) is 9.84 Å². The van der Waals surface area contributed by atoms with E-state index in [0.29, 0.717) is 4.57 Å². The lowest BCUT2D eigenvalue weighted by atomic mass is 10.4. The topological polar surface area (TPSA) is 109 Å². The van der Waals surface area contributed by atoms with Crippen LogP contribution in [-0.2, 0) is 9.84 Å².